The van der Waals surface area contributed by atoms with E-state index in [0.29, 0.717) is 0 Å². The first-order valence-electron chi connectivity index (χ1n) is 8.09. The number of aromatic nitrogens is 4. The molecular formula is C18H16FN5. The van der Waals surface area contributed by atoms with E-state index in [1.807, 2.05) is 4.68 Å². The van der Waals surface area contributed by atoms with Crippen LogP contribution < -0.4 is 4.90 Å². The third kappa shape index (κ3) is 2.06. The molecule has 1 N–H and O–H groups in total. The maximum absolute atomic E-state index is 13.6. The number of nitrogens with zero attached hydrogens (tertiary/aromatic N) is 4. The fraction of sp³-hybridized carbons (Fsp3) is 0.222. The molecule has 0 saturated heterocycles. The molecule has 5 rings (SSSR count). The molecule has 0 fully saturated rings. The molecule has 6 heteroatoms. The molecular weight excluding hydrogens is 305 g/mol. The standard InChI is InChI=1S/C18H16FN5/c19-13-1-2-16-15(8-13)14-7-12-3-4-23(18(12)9-17(14)22-16)5-6-24-11-20-10-21-24/h1-2,7-11,22H,3-6H2. The zero-order chi connectivity index (χ0) is 16.1. The fourth-order valence-electron chi connectivity index (χ4n) is 3.63. The van der Waals surface area contributed by atoms with Gasteiger partial charge < -0.3 is 9.88 Å². The van der Waals surface area contributed by atoms with Crippen LogP contribution in [0.3, 0.4) is 0 Å². The van der Waals surface area contributed by atoms with Crippen molar-refractivity contribution in [2.45, 2.75) is 13.0 Å². The van der Waals surface area contributed by atoms with Gasteiger partial charge in [-0.15, -0.1) is 0 Å². The van der Waals surface area contributed by atoms with Gasteiger partial charge in [0.1, 0.15) is 18.5 Å². The summed E-state index contributed by atoms with van der Waals surface area (Å²) in [5.74, 6) is -0.196. The lowest BCUT2D eigenvalue weighted by Gasteiger charge is -2.19. The predicted octanol–water partition coefficient (Wildman–Crippen LogP) is 3.11. The van der Waals surface area contributed by atoms with Crippen LogP contribution in [0.25, 0.3) is 21.8 Å². The third-order valence-corrected chi connectivity index (χ3v) is 4.82. The van der Waals surface area contributed by atoms with Crippen molar-refractivity contribution in [1.82, 2.24) is 19.7 Å². The Morgan fingerprint density at radius 1 is 1.08 bits per heavy atom. The van der Waals surface area contributed by atoms with Gasteiger partial charge in [0.25, 0.3) is 0 Å². The molecule has 3 heterocycles. The van der Waals surface area contributed by atoms with Crippen LogP contribution in [0.15, 0.2) is 43.0 Å². The molecule has 0 unspecified atom stereocenters. The highest BCUT2D eigenvalue weighted by Crippen LogP contribution is 2.35. The van der Waals surface area contributed by atoms with Gasteiger partial charge in [0.05, 0.1) is 6.54 Å². The highest BCUT2D eigenvalue weighted by molar-refractivity contribution is 6.08. The average Bonchev–Trinajstić information content (AvgIpc) is 3.29. The van der Waals surface area contributed by atoms with Crippen LogP contribution in [0, 0.1) is 5.82 Å². The molecule has 2 aromatic carbocycles. The summed E-state index contributed by atoms with van der Waals surface area (Å²) in [5, 5.41) is 6.21. The highest BCUT2D eigenvalue weighted by atomic mass is 19.1. The zero-order valence-corrected chi connectivity index (χ0v) is 13.0. The van der Waals surface area contributed by atoms with Crippen LogP contribution in [0.4, 0.5) is 10.1 Å². The Morgan fingerprint density at radius 3 is 2.88 bits per heavy atom. The van der Waals surface area contributed by atoms with Crippen molar-refractivity contribution in [1.29, 1.82) is 0 Å². The van der Waals surface area contributed by atoms with E-state index >= 15 is 0 Å². The second-order valence-corrected chi connectivity index (χ2v) is 6.24. The number of hydrogen-bond donors (Lipinski definition) is 1. The van der Waals surface area contributed by atoms with Gasteiger partial charge in [-0.05, 0) is 42.3 Å². The Labute approximate surface area is 137 Å². The SMILES string of the molecule is Fc1ccc2[nH]c3cc4c(cc3c2c1)CCN4CCn1cncn1. The number of H-pyrrole nitrogens is 1. The Kier molecular flexibility index (Phi) is 2.85. The first-order valence-corrected chi connectivity index (χ1v) is 8.09. The summed E-state index contributed by atoms with van der Waals surface area (Å²) in [6, 6.07) is 9.31. The van der Waals surface area contributed by atoms with E-state index in [0.717, 1.165) is 47.9 Å². The quantitative estimate of drug-likeness (QED) is 0.631. The van der Waals surface area contributed by atoms with Crippen molar-refractivity contribution >= 4 is 27.5 Å². The minimum absolute atomic E-state index is 0.196. The number of nitrogens with one attached hydrogen (secondary N) is 1. The van der Waals surface area contributed by atoms with Crippen LogP contribution in [0.1, 0.15) is 5.56 Å². The predicted molar refractivity (Wildman–Crippen MR) is 91.7 cm³/mol. The van der Waals surface area contributed by atoms with Gasteiger partial charge in [0, 0.05) is 40.6 Å². The van der Waals surface area contributed by atoms with E-state index in [2.05, 4.69) is 32.1 Å². The summed E-state index contributed by atoms with van der Waals surface area (Å²) >= 11 is 0. The van der Waals surface area contributed by atoms with Gasteiger partial charge in [-0.1, -0.05) is 0 Å². The van der Waals surface area contributed by atoms with E-state index in [4.69, 9.17) is 0 Å². The lowest BCUT2D eigenvalue weighted by molar-refractivity contribution is 0.601. The van der Waals surface area contributed by atoms with E-state index in [1.54, 1.807) is 24.8 Å². The Balaban J connectivity index is 1.54. The summed E-state index contributed by atoms with van der Waals surface area (Å²) in [7, 11) is 0. The van der Waals surface area contributed by atoms with E-state index in [9.17, 15) is 4.39 Å². The Bertz CT molecular complexity index is 1030. The average molecular weight is 321 g/mol. The highest BCUT2D eigenvalue weighted by Gasteiger charge is 2.21. The summed E-state index contributed by atoms with van der Waals surface area (Å²) in [4.78, 5) is 9.76. The number of fused-ring (bicyclic) bond motifs is 4. The molecule has 4 aromatic rings. The van der Waals surface area contributed by atoms with Gasteiger partial charge in [-0.2, -0.15) is 5.10 Å². The monoisotopic (exact) mass is 321 g/mol. The van der Waals surface area contributed by atoms with Crippen molar-refractivity contribution < 1.29 is 4.39 Å². The molecule has 120 valence electrons. The van der Waals surface area contributed by atoms with Crippen molar-refractivity contribution in [2.75, 3.05) is 18.0 Å². The van der Waals surface area contributed by atoms with E-state index in [-0.39, 0.29) is 5.82 Å². The molecule has 0 radical (unpaired) electrons. The normalized spacial score (nSPS) is 14.0. The van der Waals surface area contributed by atoms with E-state index < -0.39 is 0 Å². The molecule has 1 aliphatic rings. The topological polar surface area (TPSA) is 49.7 Å². The molecule has 1 aliphatic heterocycles. The van der Waals surface area contributed by atoms with Gasteiger partial charge in [0.15, 0.2) is 0 Å². The second kappa shape index (κ2) is 5.06. The number of hydrogen-bond acceptors (Lipinski definition) is 3. The molecule has 2 aromatic heterocycles. The molecule has 0 atom stereocenters. The van der Waals surface area contributed by atoms with Crippen LogP contribution in [-0.2, 0) is 13.0 Å². The second-order valence-electron chi connectivity index (χ2n) is 6.24. The lowest BCUT2D eigenvalue weighted by atomic mass is 10.1. The maximum atomic E-state index is 13.6. The fourth-order valence-corrected chi connectivity index (χ4v) is 3.63. The van der Waals surface area contributed by atoms with Crippen molar-refractivity contribution in [3.8, 4) is 0 Å². The van der Waals surface area contributed by atoms with Crippen molar-refractivity contribution in [3.05, 3.63) is 54.4 Å². The molecule has 0 spiro atoms. The Hall–Kier alpha value is -2.89. The van der Waals surface area contributed by atoms with Crippen LogP contribution >= 0.6 is 0 Å². The van der Waals surface area contributed by atoms with Crippen molar-refractivity contribution in [2.24, 2.45) is 0 Å². The zero-order valence-electron chi connectivity index (χ0n) is 13.0. The van der Waals surface area contributed by atoms with E-state index in [1.165, 1.54) is 17.3 Å². The number of benzene rings is 2. The van der Waals surface area contributed by atoms with Gasteiger partial charge >= 0.3 is 0 Å². The number of rotatable bonds is 3. The molecule has 0 aliphatic carbocycles. The maximum Gasteiger partial charge on any atom is 0.137 e. The molecule has 0 amide bonds. The van der Waals surface area contributed by atoms with Crippen LogP contribution in [0.2, 0.25) is 0 Å². The summed E-state index contributed by atoms with van der Waals surface area (Å²) in [6.07, 6.45) is 4.32. The molecule has 24 heavy (non-hydrogen) atoms. The summed E-state index contributed by atoms with van der Waals surface area (Å²) in [6.45, 7) is 2.72. The van der Waals surface area contributed by atoms with Gasteiger partial charge in [0.2, 0.25) is 0 Å². The smallest absolute Gasteiger partial charge is 0.137 e. The number of anilines is 1. The summed E-state index contributed by atoms with van der Waals surface area (Å²) in [5.41, 5.74) is 4.62. The minimum Gasteiger partial charge on any atom is -0.369 e. The number of halogens is 1. The first kappa shape index (κ1) is 13.5. The molecule has 5 nitrogen and oxygen atoms in total. The largest absolute Gasteiger partial charge is 0.369 e. The van der Waals surface area contributed by atoms with Gasteiger partial charge in [-0.3, -0.25) is 4.68 Å². The van der Waals surface area contributed by atoms with Crippen LogP contribution in [-0.4, -0.2) is 32.8 Å². The molecule has 0 saturated carbocycles. The molecule has 0 bridgehead atoms. The van der Waals surface area contributed by atoms with Crippen LogP contribution in [0.5, 0.6) is 0 Å². The lowest BCUT2D eigenvalue weighted by Crippen LogP contribution is -2.25. The Morgan fingerprint density at radius 2 is 2.00 bits per heavy atom. The third-order valence-electron chi connectivity index (χ3n) is 4.82. The minimum atomic E-state index is -0.196. The summed E-state index contributed by atoms with van der Waals surface area (Å²) < 4.78 is 15.4. The van der Waals surface area contributed by atoms with Gasteiger partial charge in [-0.25, -0.2) is 9.37 Å². The van der Waals surface area contributed by atoms with Crippen molar-refractivity contribution in [3.63, 3.8) is 0 Å². The first-order chi connectivity index (χ1) is 11.8. The number of aromatic amines is 1.